The lowest BCUT2D eigenvalue weighted by molar-refractivity contribution is 0.180. The number of aryl methyl sites for hydroxylation is 2. The lowest BCUT2D eigenvalue weighted by Gasteiger charge is -2.34. The van der Waals surface area contributed by atoms with Crippen molar-refractivity contribution in [2.75, 3.05) is 26.2 Å². The number of halogens is 2. The molecule has 6 nitrogen and oxygen atoms in total. The predicted octanol–water partition coefficient (Wildman–Crippen LogP) is 7.10. The van der Waals surface area contributed by atoms with Crippen LogP contribution >= 0.6 is 23.2 Å². The number of benzene rings is 3. The number of fused-ring (bicyclic) bond motifs is 1. The van der Waals surface area contributed by atoms with E-state index in [9.17, 15) is 8.42 Å². The van der Waals surface area contributed by atoms with Gasteiger partial charge in [-0.3, -0.25) is 4.90 Å². The Morgan fingerprint density at radius 3 is 2.34 bits per heavy atom. The van der Waals surface area contributed by atoms with E-state index in [-0.39, 0.29) is 14.9 Å². The number of rotatable bonds is 6. The van der Waals surface area contributed by atoms with Gasteiger partial charge in [-0.2, -0.15) is 4.31 Å². The second-order valence-corrected chi connectivity index (χ2v) is 13.2. The van der Waals surface area contributed by atoms with Crippen LogP contribution in [0.4, 0.5) is 0 Å². The first-order chi connectivity index (χ1) is 19.7. The molecule has 1 fully saturated rings. The third-order valence-electron chi connectivity index (χ3n) is 7.71. The van der Waals surface area contributed by atoms with Gasteiger partial charge in [0.05, 0.1) is 21.4 Å². The van der Waals surface area contributed by atoms with Crippen LogP contribution in [0, 0.1) is 13.8 Å². The van der Waals surface area contributed by atoms with Gasteiger partial charge >= 0.3 is 0 Å². The molecule has 0 bridgehead atoms. The lowest BCUT2D eigenvalue weighted by atomic mass is 10.00. The number of pyridine rings is 1. The van der Waals surface area contributed by atoms with Crippen LogP contribution in [0.25, 0.3) is 28.0 Å². The zero-order chi connectivity index (χ0) is 28.7. The van der Waals surface area contributed by atoms with Crippen molar-refractivity contribution < 1.29 is 8.42 Å². The molecule has 0 aliphatic carbocycles. The van der Waals surface area contributed by atoms with Crippen molar-refractivity contribution in [3.63, 3.8) is 0 Å². The summed E-state index contributed by atoms with van der Waals surface area (Å²) >= 11 is 12.4. The number of sulfonamides is 1. The van der Waals surface area contributed by atoms with E-state index in [0.717, 1.165) is 28.2 Å². The summed E-state index contributed by atoms with van der Waals surface area (Å²) in [6.07, 6.45) is 2.17. The van der Waals surface area contributed by atoms with Crippen LogP contribution in [0.5, 0.6) is 0 Å². The molecule has 1 aliphatic heterocycles. The summed E-state index contributed by atoms with van der Waals surface area (Å²) in [7, 11) is -3.76. The van der Waals surface area contributed by atoms with Crippen LogP contribution in [0.1, 0.15) is 16.8 Å². The highest BCUT2D eigenvalue weighted by atomic mass is 35.5. The van der Waals surface area contributed by atoms with Crippen molar-refractivity contribution in [3.05, 3.63) is 112 Å². The molecular weight excluding hydrogens is 575 g/mol. The molecular formula is C32H30Cl2N4O2S. The molecule has 3 heterocycles. The average molecular weight is 606 g/mol. The van der Waals surface area contributed by atoms with Crippen molar-refractivity contribution in [3.8, 4) is 22.4 Å². The first-order valence-electron chi connectivity index (χ1n) is 13.5. The van der Waals surface area contributed by atoms with E-state index in [0.29, 0.717) is 32.7 Å². The van der Waals surface area contributed by atoms with Gasteiger partial charge in [0.2, 0.25) is 10.0 Å². The molecule has 6 rings (SSSR count). The van der Waals surface area contributed by atoms with E-state index in [2.05, 4.69) is 71.8 Å². The molecule has 1 aliphatic rings. The summed E-state index contributed by atoms with van der Waals surface area (Å²) in [6.45, 7) is 6.75. The minimum absolute atomic E-state index is 0.0484. The maximum atomic E-state index is 13.4. The SMILES string of the molecule is Cc1ccc(C)c(-c2ccc3nc(-c4ccccc4)c(CN4CCN(S(=O)(=O)c5cccc(Cl)c5Cl)CC4)n3c2)c1. The second kappa shape index (κ2) is 11.2. The molecule has 1 saturated heterocycles. The molecule has 0 unspecified atom stereocenters. The molecule has 0 N–H and O–H groups in total. The molecule has 2 aromatic heterocycles. The van der Waals surface area contributed by atoms with E-state index >= 15 is 0 Å². The number of imidazole rings is 1. The van der Waals surface area contributed by atoms with Crippen LogP contribution in [0.2, 0.25) is 10.0 Å². The van der Waals surface area contributed by atoms with Crippen LogP contribution in [-0.4, -0.2) is 53.2 Å². The zero-order valence-electron chi connectivity index (χ0n) is 22.9. The Morgan fingerprint density at radius 2 is 1.59 bits per heavy atom. The van der Waals surface area contributed by atoms with E-state index in [1.165, 1.54) is 27.1 Å². The van der Waals surface area contributed by atoms with E-state index in [4.69, 9.17) is 28.2 Å². The minimum Gasteiger partial charge on any atom is -0.301 e. The third-order valence-corrected chi connectivity index (χ3v) is 10.6. The van der Waals surface area contributed by atoms with Gasteiger partial charge in [0, 0.05) is 44.5 Å². The Kier molecular flexibility index (Phi) is 7.66. The van der Waals surface area contributed by atoms with Gasteiger partial charge in [-0.05, 0) is 54.8 Å². The van der Waals surface area contributed by atoms with Crippen molar-refractivity contribution in [2.45, 2.75) is 25.3 Å². The molecule has 5 aromatic rings. The van der Waals surface area contributed by atoms with Gasteiger partial charge in [0.1, 0.15) is 10.5 Å². The van der Waals surface area contributed by atoms with Crippen LogP contribution in [0.3, 0.4) is 0 Å². The molecule has 0 spiro atoms. The molecule has 0 saturated carbocycles. The Morgan fingerprint density at radius 1 is 0.829 bits per heavy atom. The van der Waals surface area contributed by atoms with Gasteiger partial charge in [0.25, 0.3) is 0 Å². The van der Waals surface area contributed by atoms with Gasteiger partial charge in [-0.15, -0.1) is 0 Å². The Bertz CT molecular complexity index is 1850. The minimum atomic E-state index is -3.76. The first-order valence-corrected chi connectivity index (χ1v) is 15.7. The molecule has 0 atom stereocenters. The van der Waals surface area contributed by atoms with Crippen LogP contribution in [0.15, 0.2) is 90.0 Å². The number of piperazine rings is 1. The first kappa shape index (κ1) is 27.9. The molecule has 0 radical (unpaired) electrons. The summed E-state index contributed by atoms with van der Waals surface area (Å²) in [4.78, 5) is 7.37. The summed E-state index contributed by atoms with van der Waals surface area (Å²) in [5.74, 6) is 0. The number of nitrogens with zero attached hydrogens (tertiary/aromatic N) is 4. The molecule has 41 heavy (non-hydrogen) atoms. The van der Waals surface area contributed by atoms with Crippen molar-refractivity contribution in [2.24, 2.45) is 0 Å². The highest BCUT2D eigenvalue weighted by Crippen LogP contribution is 2.33. The van der Waals surface area contributed by atoms with Gasteiger partial charge < -0.3 is 4.40 Å². The summed E-state index contributed by atoms with van der Waals surface area (Å²) in [5, 5.41) is 0.294. The summed E-state index contributed by atoms with van der Waals surface area (Å²) in [6, 6.07) is 25.6. The summed E-state index contributed by atoms with van der Waals surface area (Å²) < 4.78 is 30.4. The lowest BCUT2D eigenvalue weighted by Crippen LogP contribution is -2.48. The molecule has 0 amide bonds. The van der Waals surface area contributed by atoms with Gasteiger partial charge in [-0.25, -0.2) is 13.4 Å². The maximum Gasteiger partial charge on any atom is 0.244 e. The largest absolute Gasteiger partial charge is 0.301 e. The van der Waals surface area contributed by atoms with E-state index < -0.39 is 10.0 Å². The van der Waals surface area contributed by atoms with Gasteiger partial charge in [-0.1, -0.05) is 83.4 Å². The normalized spacial score (nSPS) is 15.0. The fourth-order valence-corrected chi connectivity index (χ4v) is 7.60. The topological polar surface area (TPSA) is 57.9 Å². The third kappa shape index (κ3) is 5.41. The standard InChI is InChI=1S/C32H30Cl2N4O2S/c1-22-11-12-23(2)26(19-22)25-13-14-30-35-32(24-7-4-3-5-8-24)28(38(30)20-25)21-36-15-17-37(18-16-36)41(39,40)29-10-6-9-27(33)31(29)34/h3-14,19-20H,15-18,21H2,1-2H3. The Labute approximate surface area is 250 Å². The average Bonchev–Trinajstić information content (AvgIpc) is 3.34. The molecule has 210 valence electrons. The molecule has 3 aromatic carbocycles. The second-order valence-electron chi connectivity index (χ2n) is 10.5. The van der Waals surface area contributed by atoms with Crippen molar-refractivity contribution >= 4 is 38.9 Å². The highest BCUT2D eigenvalue weighted by molar-refractivity contribution is 7.89. The van der Waals surface area contributed by atoms with Crippen molar-refractivity contribution in [1.82, 2.24) is 18.6 Å². The summed E-state index contributed by atoms with van der Waals surface area (Å²) in [5.41, 5.74) is 8.71. The maximum absolute atomic E-state index is 13.4. The number of aromatic nitrogens is 2. The Balaban J connectivity index is 1.32. The zero-order valence-corrected chi connectivity index (χ0v) is 25.2. The highest BCUT2D eigenvalue weighted by Gasteiger charge is 2.31. The van der Waals surface area contributed by atoms with Crippen LogP contribution < -0.4 is 0 Å². The van der Waals surface area contributed by atoms with Crippen LogP contribution in [-0.2, 0) is 16.6 Å². The van der Waals surface area contributed by atoms with Crippen molar-refractivity contribution in [1.29, 1.82) is 0 Å². The molecule has 9 heteroatoms. The van der Waals surface area contributed by atoms with E-state index in [1.807, 2.05) is 18.2 Å². The number of hydrogen-bond donors (Lipinski definition) is 0. The number of hydrogen-bond acceptors (Lipinski definition) is 4. The quantitative estimate of drug-likeness (QED) is 0.207. The fraction of sp³-hybridized carbons (Fsp3) is 0.219. The Hall–Kier alpha value is -3.20. The predicted molar refractivity (Wildman–Crippen MR) is 166 cm³/mol. The smallest absolute Gasteiger partial charge is 0.244 e. The fourth-order valence-electron chi connectivity index (χ4n) is 5.44. The van der Waals surface area contributed by atoms with Gasteiger partial charge in [0.15, 0.2) is 0 Å². The van der Waals surface area contributed by atoms with E-state index in [1.54, 1.807) is 12.1 Å². The monoisotopic (exact) mass is 604 g/mol.